The Hall–Kier alpha value is -3.46. The van der Waals surface area contributed by atoms with E-state index in [0.717, 1.165) is 18.6 Å². The summed E-state index contributed by atoms with van der Waals surface area (Å²) in [6.07, 6.45) is 3.58. The average molecular weight is 477 g/mol. The van der Waals surface area contributed by atoms with Crippen molar-refractivity contribution in [2.24, 2.45) is 5.92 Å². The summed E-state index contributed by atoms with van der Waals surface area (Å²) in [6.45, 7) is 3.74. The van der Waals surface area contributed by atoms with Gasteiger partial charge in [-0.15, -0.1) is 0 Å². The van der Waals surface area contributed by atoms with Crippen LogP contribution in [0.5, 0.6) is 0 Å². The minimum absolute atomic E-state index is 0.0660. The van der Waals surface area contributed by atoms with E-state index in [1.165, 1.54) is 39.9 Å². The van der Waals surface area contributed by atoms with Gasteiger partial charge < -0.3 is 10.5 Å². The summed E-state index contributed by atoms with van der Waals surface area (Å²) >= 11 is 1.50. The number of anilines is 2. The number of nitrogens with two attached hydrogens (primary N) is 1. The van der Waals surface area contributed by atoms with E-state index in [1.807, 2.05) is 13.8 Å². The smallest absolute Gasteiger partial charge is 0.278 e. The van der Waals surface area contributed by atoms with Crippen molar-refractivity contribution >= 4 is 34.7 Å². The van der Waals surface area contributed by atoms with Crippen molar-refractivity contribution in [3.05, 3.63) is 76.0 Å². The van der Waals surface area contributed by atoms with Crippen molar-refractivity contribution in [2.75, 3.05) is 16.2 Å². The van der Waals surface area contributed by atoms with E-state index in [9.17, 15) is 9.18 Å². The molecule has 1 aliphatic carbocycles. The minimum Gasteiger partial charge on any atom is -0.368 e. The zero-order valence-corrected chi connectivity index (χ0v) is 19.8. The number of benzene rings is 2. The van der Waals surface area contributed by atoms with Crippen LogP contribution in [0.15, 0.2) is 53.5 Å². The predicted molar refractivity (Wildman–Crippen MR) is 135 cm³/mol. The predicted octanol–water partition coefficient (Wildman–Crippen LogP) is 4.63. The number of halogens is 1. The molecule has 174 valence electrons. The zero-order chi connectivity index (χ0) is 23.8. The van der Waals surface area contributed by atoms with Gasteiger partial charge >= 0.3 is 0 Å². The molecule has 4 aromatic rings. The lowest BCUT2D eigenvalue weighted by Gasteiger charge is -2.15. The first-order chi connectivity index (χ1) is 16.4. The molecule has 34 heavy (non-hydrogen) atoms. The summed E-state index contributed by atoms with van der Waals surface area (Å²) < 4.78 is 19.6. The molecule has 0 amide bonds. The Morgan fingerprint density at radius 2 is 1.91 bits per heavy atom. The molecule has 0 saturated heterocycles. The fraction of sp³-hybridized carbons (Fsp3) is 0.280. The first kappa shape index (κ1) is 22.3. The molecule has 2 aromatic carbocycles. The number of hydrogen-bond acceptors (Lipinski definition) is 7. The largest absolute Gasteiger partial charge is 0.368 e. The Morgan fingerprint density at radius 1 is 1.18 bits per heavy atom. The van der Waals surface area contributed by atoms with Crippen LogP contribution >= 0.6 is 11.9 Å². The quantitative estimate of drug-likeness (QED) is 0.392. The summed E-state index contributed by atoms with van der Waals surface area (Å²) in [4.78, 5) is 25.8. The van der Waals surface area contributed by atoms with Crippen LogP contribution in [0, 0.1) is 11.7 Å². The van der Waals surface area contributed by atoms with Crippen molar-refractivity contribution in [3.8, 4) is 11.3 Å². The molecule has 0 fully saturated rings. The first-order valence-electron chi connectivity index (χ1n) is 11.2. The van der Waals surface area contributed by atoms with E-state index >= 15 is 0 Å². The molecule has 2 heterocycles. The van der Waals surface area contributed by atoms with Gasteiger partial charge in [0.25, 0.3) is 5.56 Å². The van der Waals surface area contributed by atoms with E-state index < -0.39 is 5.82 Å². The number of nitrogens with zero attached hydrogens (tertiary/aromatic N) is 4. The summed E-state index contributed by atoms with van der Waals surface area (Å²) in [5, 5.41) is 0. The van der Waals surface area contributed by atoms with Crippen LogP contribution < -0.4 is 16.0 Å². The van der Waals surface area contributed by atoms with Crippen LogP contribution in [0.1, 0.15) is 31.0 Å². The van der Waals surface area contributed by atoms with E-state index in [0.29, 0.717) is 28.3 Å². The first-order valence-corrected chi connectivity index (χ1v) is 12.2. The number of nitrogens with one attached hydrogen (secondary N) is 1. The lowest BCUT2D eigenvalue weighted by Crippen LogP contribution is -2.26. The SMILES string of the molecule is CC(C)n1c(=O)c(-c2ccc(NSCC3Cc4ccccc4C3)c(F)c2)nc2cnc(N)nc21. The maximum absolute atomic E-state index is 15.0. The highest BCUT2D eigenvalue weighted by Crippen LogP contribution is 2.30. The van der Waals surface area contributed by atoms with Crippen LogP contribution in [0.2, 0.25) is 0 Å². The monoisotopic (exact) mass is 476 g/mol. The highest BCUT2D eigenvalue weighted by Gasteiger charge is 2.21. The molecule has 5 rings (SSSR count). The van der Waals surface area contributed by atoms with Gasteiger partial charge in [-0.3, -0.25) is 9.36 Å². The van der Waals surface area contributed by atoms with E-state index in [1.54, 1.807) is 12.1 Å². The van der Waals surface area contributed by atoms with Crippen molar-refractivity contribution in [1.29, 1.82) is 0 Å². The van der Waals surface area contributed by atoms with Crippen LogP contribution in [-0.2, 0) is 12.8 Å². The molecule has 0 aliphatic heterocycles. The maximum atomic E-state index is 15.0. The van der Waals surface area contributed by atoms with Gasteiger partial charge in [-0.1, -0.05) is 42.3 Å². The van der Waals surface area contributed by atoms with Gasteiger partial charge in [-0.25, -0.2) is 14.4 Å². The number of hydrogen-bond donors (Lipinski definition) is 2. The highest BCUT2D eigenvalue weighted by molar-refractivity contribution is 8.00. The molecular formula is C25H25FN6OS. The Bertz CT molecular complexity index is 1410. The molecule has 0 spiro atoms. The Morgan fingerprint density at radius 3 is 2.59 bits per heavy atom. The van der Waals surface area contributed by atoms with Gasteiger partial charge in [-0.05, 0) is 55.9 Å². The van der Waals surface area contributed by atoms with Gasteiger partial charge in [0.2, 0.25) is 5.95 Å². The molecule has 0 unspecified atom stereocenters. The second-order valence-electron chi connectivity index (χ2n) is 8.82. The number of aromatic nitrogens is 4. The van der Waals surface area contributed by atoms with Crippen molar-refractivity contribution in [2.45, 2.75) is 32.7 Å². The van der Waals surface area contributed by atoms with Gasteiger partial charge in [0.15, 0.2) is 5.65 Å². The number of rotatable bonds is 6. The molecule has 0 bridgehead atoms. The van der Waals surface area contributed by atoms with Crippen molar-refractivity contribution in [3.63, 3.8) is 0 Å². The molecular weight excluding hydrogens is 451 g/mol. The maximum Gasteiger partial charge on any atom is 0.278 e. The summed E-state index contributed by atoms with van der Waals surface area (Å²) in [5.41, 5.74) is 9.89. The van der Waals surface area contributed by atoms with Gasteiger partial charge in [0, 0.05) is 17.4 Å². The molecule has 0 radical (unpaired) electrons. The third kappa shape index (κ3) is 4.23. The number of nitrogen functional groups attached to an aromatic ring is 1. The fourth-order valence-corrected chi connectivity index (χ4v) is 5.31. The normalized spacial score (nSPS) is 13.5. The third-order valence-electron chi connectivity index (χ3n) is 6.05. The Balaban J connectivity index is 1.35. The van der Waals surface area contributed by atoms with Crippen LogP contribution in [-0.4, -0.2) is 25.3 Å². The van der Waals surface area contributed by atoms with Crippen LogP contribution in [0.3, 0.4) is 0 Å². The molecule has 3 N–H and O–H groups in total. The van der Waals surface area contributed by atoms with E-state index in [4.69, 9.17) is 5.73 Å². The molecule has 0 atom stereocenters. The molecule has 9 heteroatoms. The molecule has 2 aromatic heterocycles. The fourth-order valence-electron chi connectivity index (χ4n) is 4.43. The van der Waals surface area contributed by atoms with Crippen molar-refractivity contribution < 1.29 is 4.39 Å². The van der Waals surface area contributed by atoms with E-state index in [-0.39, 0.29) is 23.2 Å². The summed E-state index contributed by atoms with van der Waals surface area (Å²) in [6, 6.07) is 13.0. The lowest BCUT2D eigenvalue weighted by molar-refractivity contribution is 0.593. The Kier molecular flexibility index (Phi) is 5.95. The molecule has 7 nitrogen and oxygen atoms in total. The average Bonchev–Trinajstić information content (AvgIpc) is 3.22. The van der Waals surface area contributed by atoms with Gasteiger partial charge in [0.05, 0.1) is 11.9 Å². The minimum atomic E-state index is -0.439. The lowest BCUT2D eigenvalue weighted by atomic mass is 10.1. The molecule has 0 saturated carbocycles. The standard InChI is InChI=1S/C25H25FN6OS/c1-14(2)32-23-21(12-28-25(27)30-23)29-22(24(32)33)18-7-8-20(19(26)11-18)31-34-13-15-9-16-5-3-4-6-17(16)10-15/h3-8,11-12,14-15,31H,9-10,13H2,1-2H3,(H2,27,28,30). The highest BCUT2D eigenvalue weighted by atomic mass is 32.2. The summed E-state index contributed by atoms with van der Waals surface area (Å²) in [7, 11) is 0. The van der Waals surface area contributed by atoms with E-state index in [2.05, 4.69) is 43.9 Å². The van der Waals surface area contributed by atoms with Gasteiger partial charge in [0.1, 0.15) is 17.0 Å². The third-order valence-corrected chi connectivity index (χ3v) is 7.05. The summed E-state index contributed by atoms with van der Waals surface area (Å²) in [5.74, 6) is 1.04. The second kappa shape index (κ2) is 9.06. The number of fused-ring (bicyclic) bond motifs is 2. The molecule has 1 aliphatic rings. The topological polar surface area (TPSA) is 98.7 Å². The van der Waals surface area contributed by atoms with Crippen LogP contribution in [0.4, 0.5) is 16.0 Å². The van der Waals surface area contributed by atoms with Crippen LogP contribution in [0.25, 0.3) is 22.4 Å². The van der Waals surface area contributed by atoms with Gasteiger partial charge in [-0.2, -0.15) is 4.98 Å². The zero-order valence-electron chi connectivity index (χ0n) is 19.0. The Labute approximate surface area is 200 Å². The second-order valence-corrected chi connectivity index (χ2v) is 9.64. The van der Waals surface area contributed by atoms with Crippen molar-refractivity contribution in [1.82, 2.24) is 19.5 Å².